The quantitative estimate of drug-likeness (QED) is 0.529. The normalized spacial score (nSPS) is 17.5. The molecule has 9 heteroatoms. The number of amides is 1. The first-order valence-electron chi connectivity index (χ1n) is 9.27. The molecule has 0 radical (unpaired) electrons. The van der Waals surface area contributed by atoms with Crippen molar-refractivity contribution < 1.29 is 19.2 Å². The molecular weight excluding hydrogens is 414 g/mol. The maximum absolute atomic E-state index is 12.7. The first kappa shape index (κ1) is 23.5. The highest BCUT2D eigenvalue weighted by Gasteiger charge is 2.31. The molecule has 0 aliphatic carbocycles. The molecule has 0 saturated carbocycles. The standard InChI is InChI=1S/C20H28ClN3O4S/c1-19(2,3)29(27)23-16(9-10-24(6)18(25)26)15-11-13(21)7-8-14(15)17-22-20(4,5)12-28-17/h7-8,11H,9-10,12H2,1-6H3,(H,25,26). The molecule has 0 bridgehead atoms. The van der Waals surface area contributed by atoms with Crippen LogP contribution in [-0.2, 0) is 16.1 Å². The predicted molar refractivity (Wildman–Crippen MR) is 118 cm³/mol. The number of rotatable bonds is 6. The van der Waals surface area contributed by atoms with E-state index in [0.29, 0.717) is 34.4 Å². The molecule has 1 aromatic rings. The molecule has 0 fully saturated rings. The van der Waals surface area contributed by atoms with Gasteiger partial charge in [-0.05, 0) is 52.8 Å². The van der Waals surface area contributed by atoms with E-state index in [9.17, 15) is 14.5 Å². The summed E-state index contributed by atoms with van der Waals surface area (Å²) in [4.78, 5) is 17.0. The Hall–Kier alpha value is -1.77. The molecule has 0 aromatic heterocycles. The molecule has 0 saturated heterocycles. The zero-order valence-corrected chi connectivity index (χ0v) is 19.2. The van der Waals surface area contributed by atoms with Gasteiger partial charge in [0.25, 0.3) is 0 Å². The van der Waals surface area contributed by atoms with Crippen molar-refractivity contribution in [3.8, 4) is 0 Å². The van der Waals surface area contributed by atoms with Gasteiger partial charge in [-0.15, -0.1) is 0 Å². The molecule has 1 aliphatic heterocycles. The highest BCUT2D eigenvalue weighted by Crippen LogP contribution is 2.27. The minimum Gasteiger partial charge on any atom is -0.591 e. The molecule has 1 heterocycles. The van der Waals surface area contributed by atoms with Crippen LogP contribution in [0.5, 0.6) is 0 Å². The van der Waals surface area contributed by atoms with E-state index in [0.717, 1.165) is 4.90 Å². The number of aliphatic imine (C=N–C) groups is 1. The van der Waals surface area contributed by atoms with Gasteiger partial charge in [-0.2, -0.15) is 0 Å². The van der Waals surface area contributed by atoms with Gasteiger partial charge in [0, 0.05) is 36.2 Å². The molecule has 1 N–H and O–H groups in total. The van der Waals surface area contributed by atoms with Crippen molar-refractivity contribution in [3.05, 3.63) is 34.3 Å². The smallest absolute Gasteiger partial charge is 0.407 e. The number of hydrogen-bond acceptors (Lipinski definition) is 5. The van der Waals surface area contributed by atoms with Crippen LogP contribution in [-0.4, -0.2) is 62.7 Å². The third-order valence-electron chi connectivity index (χ3n) is 4.22. The lowest BCUT2D eigenvalue weighted by Crippen LogP contribution is -2.30. The Balaban J connectivity index is 2.53. The van der Waals surface area contributed by atoms with Crippen LogP contribution in [0.15, 0.2) is 27.6 Å². The van der Waals surface area contributed by atoms with Gasteiger partial charge >= 0.3 is 6.09 Å². The zero-order valence-electron chi connectivity index (χ0n) is 17.7. The molecule has 1 aliphatic rings. The summed E-state index contributed by atoms with van der Waals surface area (Å²) in [6.45, 7) is 10.1. The Morgan fingerprint density at radius 3 is 2.62 bits per heavy atom. The van der Waals surface area contributed by atoms with Gasteiger partial charge < -0.3 is 19.3 Å². The Labute approximate surface area is 180 Å². The molecule has 1 atom stereocenters. The SMILES string of the molecule is CN(CCC(=N[S+]([O-])C(C)(C)C)c1cc(Cl)ccc1C1=NC(C)(C)CO1)C(=O)O. The van der Waals surface area contributed by atoms with Crippen LogP contribution in [0.3, 0.4) is 0 Å². The van der Waals surface area contributed by atoms with Crippen molar-refractivity contribution in [3.63, 3.8) is 0 Å². The number of benzene rings is 1. The van der Waals surface area contributed by atoms with Crippen molar-refractivity contribution in [2.45, 2.75) is 51.3 Å². The minimum atomic E-state index is -1.53. The number of nitrogens with zero attached hydrogens (tertiary/aromatic N) is 3. The minimum absolute atomic E-state index is 0.195. The summed E-state index contributed by atoms with van der Waals surface area (Å²) in [6, 6.07) is 5.27. The number of ether oxygens (including phenoxy) is 1. The summed E-state index contributed by atoms with van der Waals surface area (Å²) < 4.78 is 22.4. The molecule has 7 nitrogen and oxygen atoms in total. The van der Waals surface area contributed by atoms with Crippen LogP contribution < -0.4 is 0 Å². The van der Waals surface area contributed by atoms with Gasteiger partial charge in [-0.3, -0.25) is 0 Å². The molecule has 29 heavy (non-hydrogen) atoms. The van der Waals surface area contributed by atoms with Gasteiger partial charge in [0.2, 0.25) is 5.90 Å². The van der Waals surface area contributed by atoms with Crippen LogP contribution in [0, 0.1) is 0 Å². The van der Waals surface area contributed by atoms with Crippen molar-refractivity contribution >= 4 is 40.7 Å². The lowest BCUT2D eigenvalue weighted by atomic mass is 10.0. The van der Waals surface area contributed by atoms with Gasteiger partial charge in [0.15, 0.2) is 0 Å². The average molecular weight is 442 g/mol. The van der Waals surface area contributed by atoms with Crippen LogP contribution in [0.1, 0.15) is 52.2 Å². The second-order valence-corrected chi connectivity index (χ2v) is 10.9. The van der Waals surface area contributed by atoms with E-state index in [1.807, 2.05) is 34.6 Å². The summed E-state index contributed by atoms with van der Waals surface area (Å²) in [6.07, 6.45) is -0.771. The van der Waals surface area contributed by atoms with Gasteiger partial charge in [-0.25, -0.2) is 9.79 Å². The van der Waals surface area contributed by atoms with Gasteiger partial charge in [0.05, 0.1) is 5.54 Å². The topological polar surface area (TPSA) is 97.5 Å². The molecule has 160 valence electrons. The number of hydrogen-bond donors (Lipinski definition) is 1. The van der Waals surface area contributed by atoms with Gasteiger partial charge in [-0.1, -0.05) is 16.0 Å². The van der Waals surface area contributed by atoms with Crippen molar-refractivity contribution in [1.82, 2.24) is 4.90 Å². The largest absolute Gasteiger partial charge is 0.591 e. The first-order valence-corrected chi connectivity index (χ1v) is 10.8. The van der Waals surface area contributed by atoms with E-state index < -0.39 is 22.2 Å². The monoisotopic (exact) mass is 441 g/mol. The summed E-state index contributed by atoms with van der Waals surface area (Å²) in [5.74, 6) is 0.475. The van der Waals surface area contributed by atoms with Crippen LogP contribution in [0.25, 0.3) is 0 Å². The molecule has 2 rings (SSSR count). The highest BCUT2D eigenvalue weighted by molar-refractivity contribution is 7.91. The lowest BCUT2D eigenvalue weighted by Gasteiger charge is -2.21. The Morgan fingerprint density at radius 2 is 2.10 bits per heavy atom. The molecule has 0 spiro atoms. The second-order valence-electron chi connectivity index (χ2n) is 8.56. The first-order chi connectivity index (χ1) is 13.3. The maximum Gasteiger partial charge on any atom is 0.407 e. The maximum atomic E-state index is 12.7. The van der Waals surface area contributed by atoms with Crippen LogP contribution in [0.2, 0.25) is 5.02 Å². The third kappa shape index (κ3) is 6.35. The van der Waals surface area contributed by atoms with Crippen molar-refractivity contribution in [2.24, 2.45) is 9.39 Å². The van der Waals surface area contributed by atoms with Crippen molar-refractivity contribution in [1.29, 1.82) is 0 Å². The van der Waals surface area contributed by atoms with Crippen LogP contribution in [0.4, 0.5) is 4.79 Å². The Bertz CT molecular complexity index is 834. The predicted octanol–water partition coefficient (Wildman–Crippen LogP) is 4.15. The van der Waals surface area contributed by atoms with E-state index in [-0.39, 0.29) is 18.5 Å². The third-order valence-corrected chi connectivity index (χ3v) is 5.89. The van der Waals surface area contributed by atoms with E-state index in [1.54, 1.807) is 18.2 Å². The van der Waals surface area contributed by atoms with E-state index in [2.05, 4.69) is 9.39 Å². The van der Waals surface area contributed by atoms with E-state index in [4.69, 9.17) is 16.3 Å². The fourth-order valence-corrected chi connectivity index (χ4v) is 3.34. The summed E-state index contributed by atoms with van der Waals surface area (Å²) >= 11 is 4.72. The summed E-state index contributed by atoms with van der Waals surface area (Å²) in [5.41, 5.74) is 1.49. The average Bonchev–Trinajstić information content (AvgIpc) is 2.96. The molecular formula is C20H28ClN3O4S. The Kier molecular flexibility index (Phi) is 7.24. The highest BCUT2D eigenvalue weighted by atomic mass is 35.5. The van der Waals surface area contributed by atoms with Crippen LogP contribution >= 0.6 is 11.6 Å². The number of carbonyl (C=O) groups is 1. The number of carboxylic acid groups (broad SMARTS) is 1. The fourth-order valence-electron chi connectivity index (χ4n) is 2.50. The molecule has 1 amide bonds. The van der Waals surface area contributed by atoms with Crippen molar-refractivity contribution in [2.75, 3.05) is 20.2 Å². The summed E-state index contributed by atoms with van der Waals surface area (Å²) in [5, 5.41) is 9.66. The number of halogens is 1. The fraction of sp³-hybridized carbons (Fsp3) is 0.550. The zero-order chi connectivity index (χ0) is 22.0. The summed E-state index contributed by atoms with van der Waals surface area (Å²) in [7, 11) is 1.48. The van der Waals surface area contributed by atoms with Gasteiger partial charge in [0.1, 0.15) is 28.4 Å². The lowest BCUT2D eigenvalue weighted by molar-refractivity contribution is 0.157. The van der Waals surface area contributed by atoms with E-state index in [1.165, 1.54) is 7.05 Å². The van der Waals surface area contributed by atoms with E-state index >= 15 is 0 Å². The Morgan fingerprint density at radius 1 is 1.45 bits per heavy atom. The second kappa shape index (κ2) is 8.93. The molecule has 1 aromatic carbocycles. The molecule has 1 unspecified atom stereocenters.